The van der Waals surface area contributed by atoms with Crippen LogP contribution in [0.5, 0.6) is 0 Å². The Bertz CT molecular complexity index is 621. The van der Waals surface area contributed by atoms with Crippen LogP contribution < -0.4 is 5.32 Å². The van der Waals surface area contributed by atoms with Gasteiger partial charge in [0.2, 0.25) is 15.9 Å². The van der Waals surface area contributed by atoms with Crippen LogP contribution in [0.2, 0.25) is 0 Å². The SMILES string of the molecule is Cc1ccc(S(=O)(=O)N(C)CCNC(=O)C(C)C2CC2)cc1. The average molecular weight is 324 g/mol. The summed E-state index contributed by atoms with van der Waals surface area (Å²) in [5.41, 5.74) is 1.02. The molecular weight excluding hydrogens is 300 g/mol. The number of aryl methyl sites for hydroxylation is 1. The van der Waals surface area contributed by atoms with Crippen LogP contribution in [0, 0.1) is 18.8 Å². The quantitative estimate of drug-likeness (QED) is 0.831. The highest BCUT2D eigenvalue weighted by atomic mass is 32.2. The van der Waals surface area contributed by atoms with E-state index in [1.165, 1.54) is 11.4 Å². The monoisotopic (exact) mass is 324 g/mol. The molecule has 1 aliphatic carbocycles. The van der Waals surface area contributed by atoms with E-state index >= 15 is 0 Å². The van der Waals surface area contributed by atoms with Crippen LogP contribution in [0.1, 0.15) is 25.3 Å². The van der Waals surface area contributed by atoms with E-state index in [0.29, 0.717) is 12.5 Å². The Morgan fingerprint density at radius 2 is 1.91 bits per heavy atom. The van der Waals surface area contributed by atoms with Gasteiger partial charge in [-0.2, -0.15) is 4.31 Å². The van der Waals surface area contributed by atoms with Gasteiger partial charge in [0.15, 0.2) is 0 Å². The lowest BCUT2D eigenvalue weighted by molar-refractivity contribution is -0.125. The average Bonchev–Trinajstić information content (AvgIpc) is 3.31. The summed E-state index contributed by atoms with van der Waals surface area (Å²) in [6.07, 6.45) is 2.24. The molecule has 1 N–H and O–H groups in total. The van der Waals surface area contributed by atoms with Gasteiger partial charge in [-0.15, -0.1) is 0 Å². The van der Waals surface area contributed by atoms with E-state index in [1.54, 1.807) is 24.3 Å². The smallest absolute Gasteiger partial charge is 0.242 e. The molecule has 0 heterocycles. The maximum absolute atomic E-state index is 12.4. The molecule has 1 aromatic rings. The zero-order chi connectivity index (χ0) is 16.3. The largest absolute Gasteiger partial charge is 0.355 e. The van der Waals surface area contributed by atoms with E-state index in [1.807, 2.05) is 13.8 Å². The number of hydrogen-bond acceptors (Lipinski definition) is 3. The number of hydrogen-bond donors (Lipinski definition) is 1. The highest BCUT2D eigenvalue weighted by Gasteiger charge is 2.32. The van der Waals surface area contributed by atoms with Gasteiger partial charge in [0, 0.05) is 26.1 Å². The molecule has 22 heavy (non-hydrogen) atoms. The molecule has 1 atom stereocenters. The summed E-state index contributed by atoms with van der Waals surface area (Å²) in [6.45, 7) is 4.44. The number of benzene rings is 1. The second-order valence-electron chi connectivity index (χ2n) is 6.06. The molecule has 0 aromatic heterocycles. The third-order valence-corrected chi connectivity index (χ3v) is 6.07. The fraction of sp³-hybridized carbons (Fsp3) is 0.562. The van der Waals surface area contributed by atoms with Gasteiger partial charge in [0.25, 0.3) is 0 Å². The molecule has 122 valence electrons. The predicted octanol–water partition coefficient (Wildman–Crippen LogP) is 1.78. The van der Waals surface area contributed by atoms with E-state index in [0.717, 1.165) is 18.4 Å². The van der Waals surface area contributed by atoms with Crippen LogP contribution in [0.15, 0.2) is 29.2 Å². The van der Waals surface area contributed by atoms with Gasteiger partial charge in [-0.1, -0.05) is 24.6 Å². The summed E-state index contributed by atoms with van der Waals surface area (Å²) in [6, 6.07) is 6.77. The predicted molar refractivity (Wildman–Crippen MR) is 85.9 cm³/mol. The molecule has 1 fully saturated rings. The van der Waals surface area contributed by atoms with E-state index in [-0.39, 0.29) is 23.3 Å². The number of amides is 1. The third-order valence-electron chi connectivity index (χ3n) is 4.20. The lowest BCUT2D eigenvalue weighted by Crippen LogP contribution is -2.38. The summed E-state index contributed by atoms with van der Waals surface area (Å²) < 4.78 is 26.0. The fourth-order valence-corrected chi connectivity index (χ4v) is 3.49. The molecule has 0 saturated heterocycles. The first kappa shape index (κ1) is 17.0. The Hall–Kier alpha value is -1.40. The Labute approximate surface area is 132 Å². The molecule has 1 unspecified atom stereocenters. The zero-order valence-corrected chi connectivity index (χ0v) is 14.2. The number of likely N-dealkylation sites (N-methyl/N-ethyl adjacent to an activating group) is 1. The number of nitrogens with zero attached hydrogens (tertiary/aromatic N) is 1. The molecule has 0 spiro atoms. The molecule has 1 aromatic carbocycles. The zero-order valence-electron chi connectivity index (χ0n) is 13.4. The van der Waals surface area contributed by atoms with Crippen molar-refractivity contribution in [1.82, 2.24) is 9.62 Å². The van der Waals surface area contributed by atoms with E-state index in [9.17, 15) is 13.2 Å². The van der Waals surface area contributed by atoms with Gasteiger partial charge >= 0.3 is 0 Å². The van der Waals surface area contributed by atoms with Crippen LogP contribution in [0.4, 0.5) is 0 Å². The van der Waals surface area contributed by atoms with Crippen molar-refractivity contribution in [2.45, 2.75) is 31.6 Å². The molecule has 2 rings (SSSR count). The second kappa shape index (κ2) is 6.79. The number of carbonyl (C=O) groups excluding carboxylic acids is 1. The second-order valence-corrected chi connectivity index (χ2v) is 8.10. The van der Waals surface area contributed by atoms with Gasteiger partial charge in [0.1, 0.15) is 0 Å². The van der Waals surface area contributed by atoms with Crippen LogP contribution >= 0.6 is 0 Å². The molecule has 0 bridgehead atoms. The normalized spacial score (nSPS) is 16.5. The van der Waals surface area contributed by atoms with Crippen molar-refractivity contribution in [1.29, 1.82) is 0 Å². The summed E-state index contributed by atoms with van der Waals surface area (Å²) in [7, 11) is -1.96. The minimum atomic E-state index is -3.50. The van der Waals surface area contributed by atoms with E-state index in [4.69, 9.17) is 0 Å². The topological polar surface area (TPSA) is 66.5 Å². The summed E-state index contributed by atoms with van der Waals surface area (Å²) in [4.78, 5) is 12.2. The number of nitrogens with one attached hydrogen (secondary N) is 1. The van der Waals surface area contributed by atoms with Crippen molar-refractivity contribution < 1.29 is 13.2 Å². The van der Waals surface area contributed by atoms with Crippen LogP contribution in [-0.4, -0.2) is 38.8 Å². The molecule has 1 amide bonds. The van der Waals surface area contributed by atoms with E-state index < -0.39 is 10.0 Å². The molecule has 5 nitrogen and oxygen atoms in total. The highest BCUT2D eigenvalue weighted by molar-refractivity contribution is 7.89. The molecule has 1 aliphatic rings. The first-order valence-electron chi connectivity index (χ1n) is 7.63. The fourth-order valence-electron chi connectivity index (χ4n) is 2.32. The highest BCUT2D eigenvalue weighted by Crippen LogP contribution is 2.36. The van der Waals surface area contributed by atoms with Crippen LogP contribution in [0.25, 0.3) is 0 Å². The van der Waals surface area contributed by atoms with Gasteiger partial charge in [-0.3, -0.25) is 4.79 Å². The lowest BCUT2D eigenvalue weighted by atomic mass is 10.1. The van der Waals surface area contributed by atoms with Gasteiger partial charge < -0.3 is 5.32 Å². The number of carbonyl (C=O) groups is 1. The van der Waals surface area contributed by atoms with Crippen molar-refractivity contribution in [2.24, 2.45) is 11.8 Å². The first-order valence-corrected chi connectivity index (χ1v) is 9.07. The molecule has 1 saturated carbocycles. The van der Waals surface area contributed by atoms with Crippen molar-refractivity contribution >= 4 is 15.9 Å². The molecule has 6 heteroatoms. The van der Waals surface area contributed by atoms with Crippen LogP contribution in [-0.2, 0) is 14.8 Å². The maximum atomic E-state index is 12.4. The summed E-state index contributed by atoms with van der Waals surface area (Å²) >= 11 is 0. The van der Waals surface area contributed by atoms with Crippen LogP contribution in [0.3, 0.4) is 0 Å². The van der Waals surface area contributed by atoms with Crippen molar-refractivity contribution in [3.8, 4) is 0 Å². The minimum Gasteiger partial charge on any atom is -0.355 e. The molecular formula is C16H24N2O3S. The molecule has 0 aliphatic heterocycles. The third kappa shape index (κ3) is 4.08. The lowest BCUT2D eigenvalue weighted by Gasteiger charge is -2.18. The Morgan fingerprint density at radius 1 is 1.32 bits per heavy atom. The Morgan fingerprint density at radius 3 is 2.45 bits per heavy atom. The Kier molecular flexibility index (Phi) is 5.24. The van der Waals surface area contributed by atoms with Crippen molar-refractivity contribution in [3.05, 3.63) is 29.8 Å². The standard InChI is InChI=1S/C16H24N2O3S/c1-12-4-8-15(9-5-12)22(20,21)18(3)11-10-17-16(19)13(2)14-6-7-14/h4-5,8-9,13-14H,6-7,10-11H2,1-3H3,(H,17,19). The van der Waals surface area contributed by atoms with Gasteiger partial charge in [-0.05, 0) is 37.8 Å². The number of sulfonamides is 1. The van der Waals surface area contributed by atoms with Gasteiger partial charge in [0.05, 0.1) is 4.90 Å². The van der Waals surface area contributed by atoms with Gasteiger partial charge in [-0.25, -0.2) is 8.42 Å². The summed E-state index contributed by atoms with van der Waals surface area (Å²) in [5.74, 6) is 0.552. The Balaban J connectivity index is 1.86. The van der Waals surface area contributed by atoms with E-state index in [2.05, 4.69) is 5.32 Å². The molecule has 0 radical (unpaired) electrons. The minimum absolute atomic E-state index is 0.0173. The van der Waals surface area contributed by atoms with Crippen molar-refractivity contribution in [2.75, 3.05) is 20.1 Å². The maximum Gasteiger partial charge on any atom is 0.242 e. The first-order chi connectivity index (χ1) is 10.3. The van der Waals surface area contributed by atoms with Crippen molar-refractivity contribution in [3.63, 3.8) is 0 Å². The summed E-state index contributed by atoms with van der Waals surface area (Å²) in [5, 5.41) is 2.82. The number of rotatable bonds is 7.